The Hall–Kier alpha value is -2.99. The number of likely N-dealkylation sites (tertiary alicyclic amines) is 1. The molecule has 1 aliphatic heterocycles. The van der Waals surface area contributed by atoms with E-state index in [2.05, 4.69) is 0 Å². The smallest absolute Gasteiger partial charge is 0.361 e. The highest BCUT2D eigenvalue weighted by Gasteiger charge is 2.40. The van der Waals surface area contributed by atoms with Crippen LogP contribution in [0.4, 0.5) is 26.3 Å². The van der Waals surface area contributed by atoms with Crippen LogP contribution in [-0.4, -0.2) is 53.7 Å². The number of carbonyl (C=O) groups is 3. The molecule has 1 saturated heterocycles. The Bertz CT molecular complexity index is 1200. The first-order valence-electron chi connectivity index (χ1n) is 10.6. The lowest BCUT2D eigenvalue weighted by atomic mass is 9.84. The van der Waals surface area contributed by atoms with Gasteiger partial charge in [-0.2, -0.15) is 26.3 Å². The number of hydrogen-bond donors (Lipinski definition) is 1. The summed E-state index contributed by atoms with van der Waals surface area (Å²) in [5.41, 5.74) is 1.51. The number of amides is 3. The van der Waals surface area contributed by atoms with Gasteiger partial charge in [0.1, 0.15) is 0 Å². The summed E-state index contributed by atoms with van der Waals surface area (Å²) in [6.45, 7) is -0.170. The van der Waals surface area contributed by atoms with Crippen LogP contribution in [0.1, 0.15) is 39.4 Å². The summed E-state index contributed by atoms with van der Waals surface area (Å²) in [5, 5.41) is 0.342. The van der Waals surface area contributed by atoms with Crippen molar-refractivity contribution < 1.29 is 40.7 Å². The molecule has 1 aliphatic rings. The fraction of sp³-hybridized carbons (Fsp3) is 0.348. The highest BCUT2D eigenvalue weighted by Crippen LogP contribution is 2.38. The highest BCUT2D eigenvalue weighted by atomic mass is 35.5. The van der Waals surface area contributed by atoms with E-state index in [1.54, 1.807) is 6.07 Å². The first kappa shape index (κ1) is 28.6. The maximum Gasteiger partial charge on any atom is 0.416 e. The van der Waals surface area contributed by atoms with Crippen LogP contribution < -0.4 is 5.73 Å². The predicted octanol–water partition coefficient (Wildman–Crippen LogP) is 4.97. The number of halogens is 8. The van der Waals surface area contributed by atoms with Crippen molar-refractivity contribution in [2.24, 2.45) is 5.73 Å². The second-order valence-corrected chi connectivity index (χ2v) is 9.28. The topological polar surface area (TPSA) is 83.7 Å². The van der Waals surface area contributed by atoms with Crippen LogP contribution in [0, 0.1) is 0 Å². The quantitative estimate of drug-likeness (QED) is 0.418. The van der Waals surface area contributed by atoms with Crippen LogP contribution >= 0.6 is 23.2 Å². The molecular weight excluding hydrogens is 551 g/mol. The van der Waals surface area contributed by atoms with Crippen molar-refractivity contribution >= 4 is 40.9 Å². The molecule has 0 saturated carbocycles. The van der Waals surface area contributed by atoms with Gasteiger partial charge in [0.2, 0.25) is 0 Å². The number of alkyl halides is 6. The molecule has 6 nitrogen and oxygen atoms in total. The molecule has 1 fully saturated rings. The molecule has 0 aromatic heterocycles. The molecule has 0 aliphatic carbocycles. The first-order chi connectivity index (χ1) is 17.0. The standard InChI is InChI=1S/C23H19Cl2F6N3O3/c1-33(20(36)12-6-13(22(26,27)28)9-14(7-12)23(29,30)31)18-4-5-34(21(37)19(32)35)10-15(18)11-2-3-16(24)17(25)8-11/h2-3,6-9,15,18H,4-5,10H2,1H3,(H2,32,35)/t15-,18+/m0/s1. The number of hydrogen-bond acceptors (Lipinski definition) is 3. The molecule has 3 amide bonds. The number of nitrogens with two attached hydrogens (primary N) is 1. The summed E-state index contributed by atoms with van der Waals surface area (Å²) in [5.74, 6) is -4.01. The molecule has 3 rings (SSSR count). The number of nitrogens with zero attached hydrogens (tertiary/aromatic N) is 2. The lowest BCUT2D eigenvalue weighted by Gasteiger charge is -2.42. The Morgan fingerprint density at radius 3 is 2.00 bits per heavy atom. The van der Waals surface area contributed by atoms with Crippen molar-refractivity contribution in [2.75, 3.05) is 20.1 Å². The van der Waals surface area contributed by atoms with Gasteiger partial charge < -0.3 is 15.5 Å². The molecule has 2 atom stereocenters. The molecule has 1 heterocycles. The molecule has 2 N–H and O–H groups in total. The second kappa shape index (κ2) is 10.4. The van der Waals surface area contributed by atoms with Crippen LogP contribution in [-0.2, 0) is 21.9 Å². The number of piperidine rings is 1. The Morgan fingerprint density at radius 2 is 1.51 bits per heavy atom. The monoisotopic (exact) mass is 569 g/mol. The Balaban J connectivity index is 2.03. The molecule has 2 aromatic rings. The zero-order valence-electron chi connectivity index (χ0n) is 19.0. The number of rotatable bonds is 3. The van der Waals surface area contributed by atoms with Gasteiger partial charge in [-0.3, -0.25) is 14.4 Å². The lowest BCUT2D eigenvalue weighted by Crippen LogP contribution is -2.53. The third-order valence-electron chi connectivity index (χ3n) is 6.10. The average molecular weight is 570 g/mol. The largest absolute Gasteiger partial charge is 0.416 e. The van der Waals surface area contributed by atoms with Gasteiger partial charge in [0.15, 0.2) is 0 Å². The summed E-state index contributed by atoms with van der Waals surface area (Å²) in [4.78, 5) is 39.0. The van der Waals surface area contributed by atoms with Crippen molar-refractivity contribution in [1.29, 1.82) is 0 Å². The van der Waals surface area contributed by atoms with Crippen LogP contribution in [0.15, 0.2) is 36.4 Å². The minimum atomic E-state index is -5.13. The van der Waals surface area contributed by atoms with E-state index in [1.807, 2.05) is 0 Å². The van der Waals surface area contributed by atoms with Gasteiger partial charge in [-0.15, -0.1) is 0 Å². The van der Waals surface area contributed by atoms with Crippen LogP contribution in [0.25, 0.3) is 0 Å². The van der Waals surface area contributed by atoms with Crippen molar-refractivity contribution in [3.05, 3.63) is 68.7 Å². The molecule has 14 heteroatoms. The van der Waals surface area contributed by atoms with E-state index >= 15 is 0 Å². The van der Waals surface area contributed by atoms with Gasteiger partial charge >= 0.3 is 24.2 Å². The van der Waals surface area contributed by atoms with E-state index in [1.165, 1.54) is 19.2 Å². The van der Waals surface area contributed by atoms with Crippen LogP contribution in [0.3, 0.4) is 0 Å². The van der Waals surface area contributed by atoms with E-state index in [-0.39, 0.29) is 35.6 Å². The Morgan fingerprint density at radius 1 is 0.946 bits per heavy atom. The molecular formula is C23H19Cl2F6N3O3. The van der Waals surface area contributed by atoms with E-state index in [9.17, 15) is 40.7 Å². The van der Waals surface area contributed by atoms with E-state index in [4.69, 9.17) is 28.9 Å². The van der Waals surface area contributed by atoms with Crippen LogP contribution in [0.5, 0.6) is 0 Å². The summed E-state index contributed by atoms with van der Waals surface area (Å²) >= 11 is 12.1. The Kier molecular flexibility index (Phi) is 8.04. The third kappa shape index (κ3) is 6.30. The summed E-state index contributed by atoms with van der Waals surface area (Å²) in [7, 11) is 1.23. The van der Waals surface area contributed by atoms with Crippen molar-refractivity contribution in [3.63, 3.8) is 0 Å². The molecule has 0 unspecified atom stereocenters. The van der Waals surface area contributed by atoms with Crippen molar-refractivity contribution in [3.8, 4) is 0 Å². The third-order valence-corrected chi connectivity index (χ3v) is 6.84. The molecule has 37 heavy (non-hydrogen) atoms. The number of primary amides is 1. The van der Waals surface area contributed by atoms with Crippen molar-refractivity contribution in [1.82, 2.24) is 9.80 Å². The summed E-state index contributed by atoms with van der Waals surface area (Å²) in [6, 6.07) is 4.31. The molecule has 2 aromatic carbocycles. The van der Waals surface area contributed by atoms with Gasteiger partial charge in [0, 0.05) is 37.7 Å². The molecule has 0 spiro atoms. The minimum Gasteiger partial charge on any atom is -0.361 e. The molecule has 0 radical (unpaired) electrons. The zero-order valence-corrected chi connectivity index (χ0v) is 20.5. The zero-order chi connectivity index (χ0) is 27.9. The molecule has 0 bridgehead atoms. The normalized spacial score (nSPS) is 18.5. The molecule has 200 valence electrons. The first-order valence-corrected chi connectivity index (χ1v) is 11.4. The lowest BCUT2D eigenvalue weighted by molar-refractivity contribution is -0.145. The summed E-state index contributed by atoms with van der Waals surface area (Å²) in [6.07, 6.45) is -10.2. The fourth-order valence-electron chi connectivity index (χ4n) is 4.25. The van der Waals surface area contributed by atoms with E-state index < -0.39 is 58.7 Å². The number of carbonyl (C=O) groups excluding carboxylic acids is 3. The van der Waals surface area contributed by atoms with Gasteiger partial charge in [-0.05, 0) is 42.3 Å². The minimum absolute atomic E-state index is 0.0390. The highest BCUT2D eigenvalue weighted by molar-refractivity contribution is 6.42. The van der Waals surface area contributed by atoms with Gasteiger partial charge in [-0.1, -0.05) is 29.3 Å². The SMILES string of the molecule is CN(C(=O)c1cc(C(F)(F)F)cc(C(F)(F)F)c1)[C@@H]1CCN(C(=O)C(N)=O)C[C@H]1c1ccc(Cl)c(Cl)c1. The van der Waals surface area contributed by atoms with E-state index in [0.717, 1.165) is 9.80 Å². The summed E-state index contributed by atoms with van der Waals surface area (Å²) < 4.78 is 79.8. The Labute approximate surface area is 216 Å². The maximum atomic E-state index is 13.3. The second-order valence-electron chi connectivity index (χ2n) is 8.46. The van der Waals surface area contributed by atoms with Crippen molar-refractivity contribution in [2.45, 2.75) is 30.7 Å². The van der Waals surface area contributed by atoms with Gasteiger partial charge in [0.25, 0.3) is 5.91 Å². The van der Waals surface area contributed by atoms with E-state index in [0.29, 0.717) is 17.7 Å². The fourth-order valence-corrected chi connectivity index (χ4v) is 4.55. The predicted molar refractivity (Wildman–Crippen MR) is 122 cm³/mol. The average Bonchev–Trinajstić information content (AvgIpc) is 2.82. The van der Waals surface area contributed by atoms with Gasteiger partial charge in [-0.25, -0.2) is 0 Å². The van der Waals surface area contributed by atoms with Gasteiger partial charge in [0.05, 0.1) is 21.2 Å². The maximum absolute atomic E-state index is 13.3. The van der Waals surface area contributed by atoms with Crippen LogP contribution in [0.2, 0.25) is 10.0 Å². The number of likely N-dealkylation sites (N-methyl/N-ethyl adjacent to an activating group) is 1. The number of benzene rings is 2.